The highest BCUT2D eigenvalue weighted by Gasteiger charge is 2.74. The zero-order valence-electron chi connectivity index (χ0n) is 12.3. The molecular weight excluding hydrogens is 256 g/mol. The Balaban J connectivity index is 1.72. The summed E-state index contributed by atoms with van der Waals surface area (Å²) in [5, 5.41) is 20.0. The molecule has 1 unspecified atom stereocenters. The first-order valence-electron chi connectivity index (χ1n) is 7.83. The smallest absolute Gasteiger partial charge is 0.338 e. The second-order valence-corrected chi connectivity index (χ2v) is 8.40. The Morgan fingerprint density at radius 2 is 1.95 bits per heavy atom. The third-order valence-corrected chi connectivity index (χ3v) is 7.34. The van der Waals surface area contributed by atoms with Gasteiger partial charge in [0.1, 0.15) is 0 Å². The minimum atomic E-state index is -1.67. The molecule has 0 aromatic heterocycles. The number of rotatable bonds is 1. The normalized spacial score (nSPS) is 55.5. The minimum absolute atomic E-state index is 0.137. The molecule has 0 aromatic rings. The Bertz CT molecular complexity index is 487. The zero-order valence-corrected chi connectivity index (χ0v) is 12.3. The molecule has 5 atom stereocenters. The van der Waals surface area contributed by atoms with Crippen LogP contribution < -0.4 is 0 Å². The van der Waals surface area contributed by atoms with Gasteiger partial charge in [0.05, 0.1) is 12.7 Å². The van der Waals surface area contributed by atoms with Gasteiger partial charge in [-0.3, -0.25) is 0 Å². The van der Waals surface area contributed by atoms with Crippen molar-refractivity contribution in [3.05, 3.63) is 0 Å². The molecule has 0 aromatic carbocycles. The molecule has 2 N–H and O–H groups in total. The summed E-state index contributed by atoms with van der Waals surface area (Å²) in [7, 11) is 0. The number of ether oxygens (including phenoxy) is 1. The van der Waals surface area contributed by atoms with E-state index in [0.29, 0.717) is 29.8 Å². The Hall–Kier alpha value is -0.610. The molecule has 0 amide bonds. The van der Waals surface area contributed by atoms with Crippen molar-refractivity contribution < 1.29 is 19.7 Å². The molecule has 4 rings (SSSR count). The summed E-state index contributed by atoms with van der Waals surface area (Å²) in [5.74, 6) is -0.577. The van der Waals surface area contributed by atoms with Crippen molar-refractivity contribution in [1.29, 1.82) is 0 Å². The molecule has 1 heterocycles. The second kappa shape index (κ2) is 3.41. The van der Waals surface area contributed by atoms with Gasteiger partial charge in [-0.25, -0.2) is 4.79 Å². The van der Waals surface area contributed by atoms with E-state index in [4.69, 9.17) is 4.74 Å². The van der Waals surface area contributed by atoms with Gasteiger partial charge in [0.15, 0.2) is 5.60 Å². The summed E-state index contributed by atoms with van der Waals surface area (Å²) in [5.41, 5.74) is -0.771. The fraction of sp³-hybridized carbons (Fsp3) is 0.938. The number of fused-ring (bicyclic) bond motifs is 2. The number of carbonyl (C=O) groups is 1. The van der Waals surface area contributed by atoms with Gasteiger partial charge < -0.3 is 14.9 Å². The quantitative estimate of drug-likeness (QED) is 0.772. The van der Waals surface area contributed by atoms with Crippen LogP contribution in [0.5, 0.6) is 0 Å². The molecule has 20 heavy (non-hydrogen) atoms. The SMILES string of the molecule is CC1(C)CC12CC[C@]13CO[C@H](C1)[C@@](O)(C(=O)O)CC[C@@H]23. The Kier molecular flexibility index (Phi) is 2.23. The number of hydrogen-bond donors (Lipinski definition) is 2. The molecule has 0 radical (unpaired) electrons. The van der Waals surface area contributed by atoms with E-state index in [1.807, 2.05) is 0 Å². The molecule has 3 aliphatic carbocycles. The lowest BCUT2D eigenvalue weighted by molar-refractivity contribution is -0.175. The largest absolute Gasteiger partial charge is 0.479 e. The first-order valence-corrected chi connectivity index (χ1v) is 7.83. The van der Waals surface area contributed by atoms with Crippen molar-refractivity contribution in [2.24, 2.45) is 22.2 Å². The van der Waals surface area contributed by atoms with Gasteiger partial charge in [0, 0.05) is 0 Å². The fourth-order valence-corrected chi connectivity index (χ4v) is 6.00. The average molecular weight is 280 g/mol. The molecule has 1 saturated heterocycles. The predicted molar refractivity (Wildman–Crippen MR) is 72.2 cm³/mol. The summed E-state index contributed by atoms with van der Waals surface area (Å²) in [6.45, 7) is 5.33. The number of carboxylic acids is 1. The van der Waals surface area contributed by atoms with Crippen molar-refractivity contribution in [3.63, 3.8) is 0 Å². The molecule has 112 valence electrons. The minimum Gasteiger partial charge on any atom is -0.479 e. The molecule has 2 bridgehead atoms. The van der Waals surface area contributed by atoms with Crippen LogP contribution in [0.2, 0.25) is 0 Å². The molecule has 4 nitrogen and oxygen atoms in total. The van der Waals surface area contributed by atoms with Crippen molar-refractivity contribution in [2.75, 3.05) is 6.61 Å². The Morgan fingerprint density at radius 1 is 1.25 bits per heavy atom. The van der Waals surface area contributed by atoms with Crippen LogP contribution in [0, 0.1) is 22.2 Å². The van der Waals surface area contributed by atoms with E-state index in [1.165, 1.54) is 12.8 Å². The van der Waals surface area contributed by atoms with E-state index < -0.39 is 17.7 Å². The molecular formula is C16H24O4. The maximum Gasteiger partial charge on any atom is 0.338 e. The van der Waals surface area contributed by atoms with Crippen LogP contribution in [-0.4, -0.2) is 34.5 Å². The Labute approximate surface area is 119 Å². The van der Waals surface area contributed by atoms with Crippen LogP contribution in [0.15, 0.2) is 0 Å². The van der Waals surface area contributed by atoms with E-state index >= 15 is 0 Å². The third kappa shape index (κ3) is 1.28. The van der Waals surface area contributed by atoms with Crippen LogP contribution >= 0.6 is 0 Å². The number of hydrogen-bond acceptors (Lipinski definition) is 3. The van der Waals surface area contributed by atoms with Crippen LogP contribution in [0.3, 0.4) is 0 Å². The van der Waals surface area contributed by atoms with Gasteiger partial charge in [0.2, 0.25) is 0 Å². The second-order valence-electron chi connectivity index (χ2n) is 8.40. The highest BCUT2D eigenvalue weighted by molar-refractivity contribution is 5.78. The highest BCUT2D eigenvalue weighted by Crippen LogP contribution is 2.79. The topological polar surface area (TPSA) is 66.8 Å². The lowest BCUT2D eigenvalue weighted by atomic mass is 9.70. The maximum absolute atomic E-state index is 11.5. The highest BCUT2D eigenvalue weighted by atomic mass is 16.5. The van der Waals surface area contributed by atoms with E-state index in [2.05, 4.69) is 13.8 Å². The summed E-state index contributed by atoms with van der Waals surface area (Å²) in [6.07, 6.45) is 5.06. The van der Waals surface area contributed by atoms with Crippen molar-refractivity contribution in [1.82, 2.24) is 0 Å². The van der Waals surface area contributed by atoms with Crippen LogP contribution in [0.25, 0.3) is 0 Å². The van der Waals surface area contributed by atoms with Gasteiger partial charge in [0.25, 0.3) is 0 Å². The summed E-state index contributed by atoms with van der Waals surface area (Å²) in [6, 6.07) is 0. The standard InChI is InChI=1S/C16H24O4/c1-13(2)8-15(13)6-5-14-7-11(20-9-14)16(19,12(17)18)4-3-10(14)15/h10-11,19H,3-9H2,1-2H3,(H,17,18)/t10-,11-,14-,15?,16-/m1/s1. The lowest BCUT2D eigenvalue weighted by Crippen LogP contribution is -2.49. The third-order valence-electron chi connectivity index (χ3n) is 7.34. The van der Waals surface area contributed by atoms with Crippen molar-refractivity contribution in [3.8, 4) is 0 Å². The van der Waals surface area contributed by atoms with Gasteiger partial charge >= 0.3 is 5.97 Å². The van der Waals surface area contributed by atoms with Crippen LogP contribution in [0.1, 0.15) is 52.4 Å². The monoisotopic (exact) mass is 280 g/mol. The van der Waals surface area contributed by atoms with Gasteiger partial charge in [-0.05, 0) is 60.7 Å². The molecule has 4 heteroatoms. The molecule has 3 saturated carbocycles. The summed E-state index contributed by atoms with van der Waals surface area (Å²) in [4.78, 5) is 11.5. The first kappa shape index (κ1) is 13.1. The van der Waals surface area contributed by atoms with E-state index in [1.54, 1.807) is 0 Å². The van der Waals surface area contributed by atoms with Crippen molar-refractivity contribution >= 4 is 5.97 Å². The maximum atomic E-state index is 11.5. The van der Waals surface area contributed by atoms with Gasteiger partial charge in [-0.15, -0.1) is 0 Å². The zero-order chi connectivity index (χ0) is 14.4. The fourth-order valence-electron chi connectivity index (χ4n) is 6.00. The van der Waals surface area contributed by atoms with E-state index in [-0.39, 0.29) is 5.41 Å². The van der Waals surface area contributed by atoms with Crippen LogP contribution in [0.4, 0.5) is 0 Å². The number of aliphatic carboxylic acids is 1. The van der Waals surface area contributed by atoms with E-state index in [0.717, 1.165) is 19.3 Å². The first-order chi connectivity index (χ1) is 9.26. The van der Waals surface area contributed by atoms with Gasteiger partial charge in [-0.1, -0.05) is 13.8 Å². The average Bonchev–Trinajstić information content (AvgIpc) is 2.71. The summed E-state index contributed by atoms with van der Waals surface area (Å²) >= 11 is 0. The number of aliphatic hydroxyl groups is 1. The molecule has 4 fully saturated rings. The molecule has 1 aliphatic heterocycles. The van der Waals surface area contributed by atoms with Gasteiger partial charge in [-0.2, -0.15) is 0 Å². The predicted octanol–water partition coefficient (Wildman–Crippen LogP) is 2.20. The molecule has 2 spiro atoms. The van der Waals surface area contributed by atoms with Crippen LogP contribution in [-0.2, 0) is 9.53 Å². The number of carboxylic acid groups (broad SMARTS) is 1. The molecule has 4 aliphatic rings. The van der Waals surface area contributed by atoms with Crippen molar-refractivity contribution in [2.45, 2.75) is 64.1 Å². The summed E-state index contributed by atoms with van der Waals surface area (Å²) < 4.78 is 5.80. The Morgan fingerprint density at radius 3 is 2.55 bits per heavy atom. The lowest BCUT2D eigenvalue weighted by Gasteiger charge is -2.35. The van der Waals surface area contributed by atoms with E-state index in [9.17, 15) is 15.0 Å².